The Morgan fingerprint density at radius 2 is 2.30 bits per heavy atom. The molecule has 1 heterocycles. The molecule has 0 atom stereocenters. The standard InChI is InChI=1S/C13H13ClN2O3S/c1-3-19-11-9(14)6-8(7-10(11)18-2)12(17)16-13-15-4-5-20-13/h4-7H,3H2,1-2H3,(H,15,16,17). The molecule has 1 amide bonds. The van der Waals surface area contributed by atoms with Gasteiger partial charge in [-0.2, -0.15) is 0 Å². The van der Waals surface area contributed by atoms with Gasteiger partial charge in [0.1, 0.15) is 0 Å². The van der Waals surface area contributed by atoms with Crippen molar-refractivity contribution in [2.24, 2.45) is 0 Å². The minimum atomic E-state index is -0.303. The van der Waals surface area contributed by atoms with E-state index >= 15 is 0 Å². The maximum Gasteiger partial charge on any atom is 0.257 e. The fraction of sp³-hybridized carbons (Fsp3) is 0.231. The molecule has 5 nitrogen and oxygen atoms in total. The van der Waals surface area contributed by atoms with Gasteiger partial charge in [-0.05, 0) is 19.1 Å². The molecule has 0 radical (unpaired) electrons. The first-order valence-electron chi connectivity index (χ1n) is 5.87. The highest BCUT2D eigenvalue weighted by Crippen LogP contribution is 2.36. The quantitative estimate of drug-likeness (QED) is 0.918. The minimum absolute atomic E-state index is 0.303. The number of nitrogens with zero attached hydrogens (tertiary/aromatic N) is 1. The summed E-state index contributed by atoms with van der Waals surface area (Å²) in [7, 11) is 1.50. The summed E-state index contributed by atoms with van der Waals surface area (Å²) in [4.78, 5) is 16.1. The van der Waals surface area contributed by atoms with Crippen LogP contribution in [0.2, 0.25) is 5.02 Å². The molecule has 2 rings (SSSR count). The molecule has 1 N–H and O–H groups in total. The summed E-state index contributed by atoms with van der Waals surface area (Å²) in [6.45, 7) is 2.31. The molecule has 0 bridgehead atoms. The molecule has 0 saturated carbocycles. The average molecular weight is 313 g/mol. The van der Waals surface area contributed by atoms with Crippen molar-refractivity contribution in [3.8, 4) is 11.5 Å². The van der Waals surface area contributed by atoms with Gasteiger partial charge in [0.05, 0.1) is 18.7 Å². The summed E-state index contributed by atoms with van der Waals surface area (Å²) in [5.41, 5.74) is 0.380. The van der Waals surface area contributed by atoms with Crippen LogP contribution in [0, 0.1) is 0 Å². The largest absolute Gasteiger partial charge is 0.493 e. The zero-order valence-electron chi connectivity index (χ0n) is 11.0. The van der Waals surface area contributed by atoms with E-state index in [1.807, 2.05) is 6.92 Å². The van der Waals surface area contributed by atoms with E-state index in [2.05, 4.69) is 10.3 Å². The van der Waals surface area contributed by atoms with E-state index in [1.165, 1.54) is 24.5 Å². The van der Waals surface area contributed by atoms with Crippen LogP contribution >= 0.6 is 22.9 Å². The highest BCUT2D eigenvalue weighted by molar-refractivity contribution is 7.13. The van der Waals surface area contributed by atoms with Gasteiger partial charge in [0.25, 0.3) is 5.91 Å². The number of thiazole rings is 1. The van der Waals surface area contributed by atoms with Gasteiger partial charge in [-0.3, -0.25) is 10.1 Å². The third kappa shape index (κ3) is 3.20. The van der Waals surface area contributed by atoms with Crippen LogP contribution in [0.25, 0.3) is 0 Å². The van der Waals surface area contributed by atoms with Crippen LogP contribution < -0.4 is 14.8 Å². The number of hydrogen-bond donors (Lipinski definition) is 1. The molecular formula is C13H13ClN2O3S. The van der Waals surface area contributed by atoms with Gasteiger partial charge in [0.15, 0.2) is 16.6 Å². The topological polar surface area (TPSA) is 60.5 Å². The lowest BCUT2D eigenvalue weighted by molar-refractivity contribution is 0.102. The summed E-state index contributed by atoms with van der Waals surface area (Å²) in [5, 5.41) is 5.32. The van der Waals surface area contributed by atoms with Crippen molar-refractivity contribution in [1.29, 1.82) is 0 Å². The van der Waals surface area contributed by atoms with Crippen molar-refractivity contribution in [3.63, 3.8) is 0 Å². The summed E-state index contributed by atoms with van der Waals surface area (Å²) < 4.78 is 10.6. The lowest BCUT2D eigenvalue weighted by Gasteiger charge is -2.12. The first kappa shape index (κ1) is 14.6. The van der Waals surface area contributed by atoms with E-state index in [-0.39, 0.29) is 5.91 Å². The summed E-state index contributed by atoms with van der Waals surface area (Å²) in [5.74, 6) is 0.550. The van der Waals surface area contributed by atoms with E-state index in [4.69, 9.17) is 21.1 Å². The van der Waals surface area contributed by atoms with Crippen molar-refractivity contribution in [2.75, 3.05) is 19.0 Å². The highest BCUT2D eigenvalue weighted by Gasteiger charge is 2.16. The molecule has 20 heavy (non-hydrogen) atoms. The lowest BCUT2D eigenvalue weighted by atomic mass is 10.2. The van der Waals surface area contributed by atoms with Crippen LogP contribution in [0.4, 0.5) is 5.13 Å². The minimum Gasteiger partial charge on any atom is -0.493 e. The number of rotatable bonds is 5. The zero-order valence-corrected chi connectivity index (χ0v) is 12.5. The van der Waals surface area contributed by atoms with Gasteiger partial charge in [-0.15, -0.1) is 11.3 Å². The number of methoxy groups -OCH3 is 1. The van der Waals surface area contributed by atoms with Gasteiger partial charge in [0, 0.05) is 17.1 Å². The predicted molar refractivity (Wildman–Crippen MR) is 79.2 cm³/mol. The van der Waals surface area contributed by atoms with E-state index in [0.29, 0.717) is 33.8 Å². The Morgan fingerprint density at radius 1 is 1.50 bits per heavy atom. The maximum absolute atomic E-state index is 12.1. The maximum atomic E-state index is 12.1. The second-order valence-corrected chi connectivity index (χ2v) is 5.02. The van der Waals surface area contributed by atoms with E-state index in [0.717, 1.165) is 0 Å². The Bertz CT molecular complexity index is 602. The molecular weight excluding hydrogens is 300 g/mol. The van der Waals surface area contributed by atoms with Gasteiger partial charge in [-0.1, -0.05) is 11.6 Å². The zero-order chi connectivity index (χ0) is 14.5. The number of anilines is 1. The molecule has 0 fully saturated rings. The second kappa shape index (κ2) is 6.58. The third-order valence-corrected chi connectivity index (χ3v) is 3.40. The number of carbonyl (C=O) groups excluding carboxylic acids is 1. The summed E-state index contributed by atoms with van der Waals surface area (Å²) >= 11 is 7.46. The number of halogens is 1. The Balaban J connectivity index is 2.28. The average Bonchev–Trinajstić information content (AvgIpc) is 2.93. The van der Waals surface area contributed by atoms with Crippen molar-refractivity contribution >= 4 is 34.0 Å². The van der Waals surface area contributed by atoms with Crippen LogP contribution in [-0.4, -0.2) is 24.6 Å². The number of aromatic nitrogens is 1. The lowest BCUT2D eigenvalue weighted by Crippen LogP contribution is -2.12. The van der Waals surface area contributed by atoms with Crippen LogP contribution in [0.5, 0.6) is 11.5 Å². The molecule has 0 aliphatic carbocycles. The number of carbonyl (C=O) groups is 1. The molecule has 7 heteroatoms. The van der Waals surface area contributed by atoms with Crippen molar-refractivity contribution in [1.82, 2.24) is 4.98 Å². The van der Waals surface area contributed by atoms with Gasteiger partial charge in [-0.25, -0.2) is 4.98 Å². The highest BCUT2D eigenvalue weighted by atomic mass is 35.5. The van der Waals surface area contributed by atoms with E-state index in [1.54, 1.807) is 17.6 Å². The van der Waals surface area contributed by atoms with Crippen LogP contribution in [0.15, 0.2) is 23.7 Å². The molecule has 1 aromatic heterocycles. The molecule has 0 unspecified atom stereocenters. The predicted octanol–water partition coefficient (Wildman–Crippen LogP) is 3.46. The Labute approximate surface area is 125 Å². The van der Waals surface area contributed by atoms with E-state index < -0.39 is 0 Å². The fourth-order valence-electron chi connectivity index (χ4n) is 1.59. The summed E-state index contributed by atoms with van der Waals surface area (Å²) in [6.07, 6.45) is 1.62. The smallest absolute Gasteiger partial charge is 0.257 e. The Hall–Kier alpha value is -1.79. The molecule has 0 spiro atoms. The molecule has 2 aromatic rings. The Morgan fingerprint density at radius 3 is 2.90 bits per heavy atom. The first-order valence-corrected chi connectivity index (χ1v) is 7.12. The SMILES string of the molecule is CCOc1c(Cl)cc(C(=O)Nc2nccs2)cc1OC. The number of amides is 1. The second-order valence-electron chi connectivity index (χ2n) is 3.71. The monoisotopic (exact) mass is 312 g/mol. The Kier molecular flexibility index (Phi) is 4.81. The fourth-order valence-corrected chi connectivity index (χ4v) is 2.38. The summed E-state index contributed by atoms with van der Waals surface area (Å²) in [6, 6.07) is 3.12. The normalized spacial score (nSPS) is 10.2. The number of benzene rings is 1. The van der Waals surface area contributed by atoms with Gasteiger partial charge in [0.2, 0.25) is 0 Å². The molecule has 106 valence electrons. The molecule has 0 aliphatic rings. The molecule has 0 aliphatic heterocycles. The van der Waals surface area contributed by atoms with Gasteiger partial charge >= 0.3 is 0 Å². The number of ether oxygens (including phenoxy) is 2. The van der Waals surface area contributed by atoms with Crippen LogP contribution in [-0.2, 0) is 0 Å². The van der Waals surface area contributed by atoms with Crippen molar-refractivity contribution < 1.29 is 14.3 Å². The third-order valence-electron chi connectivity index (χ3n) is 2.43. The first-order chi connectivity index (χ1) is 9.65. The van der Waals surface area contributed by atoms with Crippen molar-refractivity contribution in [2.45, 2.75) is 6.92 Å². The number of nitrogens with one attached hydrogen (secondary N) is 1. The number of hydrogen-bond acceptors (Lipinski definition) is 5. The van der Waals surface area contributed by atoms with Crippen LogP contribution in [0.3, 0.4) is 0 Å². The van der Waals surface area contributed by atoms with Crippen LogP contribution in [0.1, 0.15) is 17.3 Å². The van der Waals surface area contributed by atoms with E-state index in [9.17, 15) is 4.79 Å². The molecule has 0 saturated heterocycles. The molecule has 1 aromatic carbocycles. The van der Waals surface area contributed by atoms with Crippen molar-refractivity contribution in [3.05, 3.63) is 34.3 Å². The van der Waals surface area contributed by atoms with Gasteiger partial charge < -0.3 is 9.47 Å².